The molecule has 2 heterocycles. The fourth-order valence-corrected chi connectivity index (χ4v) is 3.09. The Morgan fingerprint density at radius 2 is 2.07 bits per heavy atom. The van der Waals surface area contributed by atoms with Crippen molar-refractivity contribution in [2.75, 3.05) is 39.8 Å². The van der Waals surface area contributed by atoms with Crippen LogP contribution < -0.4 is 5.73 Å². The molecule has 2 N–H and O–H groups in total. The molecule has 0 radical (unpaired) electrons. The summed E-state index contributed by atoms with van der Waals surface area (Å²) in [5, 5.41) is 0. The molecule has 0 spiro atoms. The van der Waals surface area contributed by atoms with Crippen molar-refractivity contribution in [1.29, 1.82) is 0 Å². The van der Waals surface area contributed by atoms with Crippen molar-refractivity contribution in [3.63, 3.8) is 0 Å². The highest BCUT2D eigenvalue weighted by Crippen LogP contribution is 2.23. The molecule has 0 aromatic heterocycles. The van der Waals surface area contributed by atoms with E-state index in [1.165, 1.54) is 51.9 Å². The highest BCUT2D eigenvalue weighted by molar-refractivity contribution is 4.84. The third-order valence-corrected chi connectivity index (χ3v) is 3.88. The van der Waals surface area contributed by atoms with Crippen molar-refractivity contribution in [3.8, 4) is 0 Å². The van der Waals surface area contributed by atoms with Gasteiger partial charge in [-0.1, -0.05) is 6.42 Å². The van der Waals surface area contributed by atoms with Crippen LogP contribution in [-0.2, 0) is 0 Å². The molecule has 3 heteroatoms. The minimum Gasteiger partial charge on any atom is -0.330 e. The average Bonchev–Trinajstić information content (AvgIpc) is 2.19. The molecule has 15 heavy (non-hydrogen) atoms. The van der Waals surface area contributed by atoms with Gasteiger partial charge in [0.1, 0.15) is 0 Å². The van der Waals surface area contributed by atoms with Gasteiger partial charge in [-0.3, -0.25) is 4.90 Å². The summed E-state index contributed by atoms with van der Waals surface area (Å²) in [5.41, 5.74) is 5.69. The van der Waals surface area contributed by atoms with Gasteiger partial charge in [0.25, 0.3) is 0 Å². The summed E-state index contributed by atoms with van der Waals surface area (Å²) in [6.07, 6.45) is 5.37. The van der Waals surface area contributed by atoms with E-state index in [0.717, 1.165) is 18.5 Å². The summed E-state index contributed by atoms with van der Waals surface area (Å²) in [6, 6.07) is 0.787. The van der Waals surface area contributed by atoms with E-state index in [2.05, 4.69) is 16.8 Å². The van der Waals surface area contributed by atoms with Gasteiger partial charge in [0, 0.05) is 25.7 Å². The highest BCUT2D eigenvalue weighted by Gasteiger charge is 2.29. The number of likely N-dealkylation sites (tertiary alicyclic amines) is 2. The zero-order valence-electron chi connectivity index (χ0n) is 9.99. The molecule has 0 amide bonds. The maximum absolute atomic E-state index is 5.69. The van der Waals surface area contributed by atoms with Crippen molar-refractivity contribution in [2.45, 2.75) is 31.7 Å². The number of nitrogens with two attached hydrogens (primary N) is 1. The van der Waals surface area contributed by atoms with Gasteiger partial charge >= 0.3 is 0 Å². The summed E-state index contributed by atoms with van der Waals surface area (Å²) < 4.78 is 0. The zero-order valence-corrected chi connectivity index (χ0v) is 9.99. The van der Waals surface area contributed by atoms with Gasteiger partial charge in [-0.2, -0.15) is 0 Å². The first-order valence-electron chi connectivity index (χ1n) is 6.42. The number of nitrogens with zero attached hydrogens (tertiary/aromatic N) is 2. The van der Waals surface area contributed by atoms with Crippen molar-refractivity contribution in [2.24, 2.45) is 11.7 Å². The van der Waals surface area contributed by atoms with Crippen LogP contribution in [0.3, 0.4) is 0 Å². The maximum atomic E-state index is 5.69. The van der Waals surface area contributed by atoms with Gasteiger partial charge in [0.05, 0.1) is 0 Å². The lowest BCUT2D eigenvalue weighted by Crippen LogP contribution is -2.52. The summed E-state index contributed by atoms with van der Waals surface area (Å²) in [4.78, 5) is 5.11. The number of hydrogen-bond donors (Lipinski definition) is 1. The van der Waals surface area contributed by atoms with Crippen LogP contribution in [0.15, 0.2) is 0 Å². The molecule has 0 aliphatic carbocycles. The molecule has 0 saturated carbocycles. The van der Waals surface area contributed by atoms with Crippen molar-refractivity contribution >= 4 is 0 Å². The van der Waals surface area contributed by atoms with Gasteiger partial charge in [-0.15, -0.1) is 0 Å². The normalized spacial score (nSPS) is 30.4. The van der Waals surface area contributed by atoms with Gasteiger partial charge < -0.3 is 10.6 Å². The standard InChI is InChI=1S/C12H25N3/c1-14-8-11(9-14)10-15-7-3-2-4-12(15)5-6-13/h11-12H,2-10,13H2,1H3. The highest BCUT2D eigenvalue weighted by atomic mass is 15.2. The Bertz CT molecular complexity index is 187. The van der Waals surface area contributed by atoms with Gasteiger partial charge in [-0.05, 0) is 45.3 Å². The van der Waals surface area contributed by atoms with Gasteiger partial charge in [-0.25, -0.2) is 0 Å². The number of rotatable bonds is 4. The summed E-state index contributed by atoms with van der Waals surface area (Å²) in [6.45, 7) is 6.07. The average molecular weight is 211 g/mol. The van der Waals surface area contributed by atoms with Crippen LogP contribution in [0.1, 0.15) is 25.7 Å². The fourth-order valence-electron chi connectivity index (χ4n) is 3.09. The Labute approximate surface area is 93.6 Å². The molecule has 0 aromatic carbocycles. The molecule has 2 rings (SSSR count). The van der Waals surface area contributed by atoms with E-state index in [1.54, 1.807) is 0 Å². The number of piperidine rings is 1. The molecule has 0 aromatic rings. The van der Waals surface area contributed by atoms with Crippen LogP contribution in [0.2, 0.25) is 0 Å². The van der Waals surface area contributed by atoms with E-state index in [-0.39, 0.29) is 0 Å². The maximum Gasteiger partial charge on any atom is 0.0107 e. The quantitative estimate of drug-likeness (QED) is 0.745. The van der Waals surface area contributed by atoms with E-state index in [9.17, 15) is 0 Å². The second-order valence-electron chi connectivity index (χ2n) is 5.31. The third kappa shape index (κ3) is 2.92. The molecule has 3 nitrogen and oxygen atoms in total. The number of hydrogen-bond acceptors (Lipinski definition) is 3. The lowest BCUT2D eigenvalue weighted by molar-refractivity contribution is 0.0543. The van der Waals surface area contributed by atoms with E-state index in [4.69, 9.17) is 5.73 Å². The SMILES string of the molecule is CN1CC(CN2CCCCC2CCN)C1. The van der Waals surface area contributed by atoms with Crippen molar-refractivity contribution in [3.05, 3.63) is 0 Å². The van der Waals surface area contributed by atoms with E-state index in [1.807, 2.05) is 0 Å². The van der Waals surface area contributed by atoms with Gasteiger partial charge in [0.2, 0.25) is 0 Å². The molecule has 88 valence electrons. The predicted molar refractivity (Wildman–Crippen MR) is 63.9 cm³/mol. The smallest absolute Gasteiger partial charge is 0.0107 e. The third-order valence-electron chi connectivity index (χ3n) is 3.88. The molecule has 0 bridgehead atoms. The fraction of sp³-hybridized carbons (Fsp3) is 1.00. The van der Waals surface area contributed by atoms with Crippen LogP contribution in [0.25, 0.3) is 0 Å². The Morgan fingerprint density at radius 1 is 1.27 bits per heavy atom. The summed E-state index contributed by atoms with van der Waals surface area (Å²) in [7, 11) is 2.21. The van der Waals surface area contributed by atoms with Crippen LogP contribution in [0.4, 0.5) is 0 Å². The van der Waals surface area contributed by atoms with E-state index in [0.29, 0.717) is 0 Å². The minimum atomic E-state index is 0.787. The van der Waals surface area contributed by atoms with Crippen LogP contribution in [0.5, 0.6) is 0 Å². The Hall–Kier alpha value is -0.120. The first kappa shape index (κ1) is 11.4. The topological polar surface area (TPSA) is 32.5 Å². The Kier molecular flexibility index (Phi) is 4.00. The monoisotopic (exact) mass is 211 g/mol. The second-order valence-corrected chi connectivity index (χ2v) is 5.31. The molecular weight excluding hydrogens is 186 g/mol. The summed E-state index contributed by atoms with van der Waals surface area (Å²) >= 11 is 0. The Balaban J connectivity index is 1.77. The molecule has 2 aliphatic heterocycles. The van der Waals surface area contributed by atoms with E-state index >= 15 is 0 Å². The lowest BCUT2D eigenvalue weighted by Gasteiger charge is -2.43. The van der Waals surface area contributed by atoms with Crippen molar-refractivity contribution < 1.29 is 0 Å². The largest absolute Gasteiger partial charge is 0.330 e. The molecular formula is C12H25N3. The first-order valence-corrected chi connectivity index (χ1v) is 6.42. The lowest BCUT2D eigenvalue weighted by atomic mass is 9.94. The molecule has 1 unspecified atom stereocenters. The zero-order chi connectivity index (χ0) is 10.7. The molecule has 2 saturated heterocycles. The predicted octanol–water partition coefficient (Wildman–Crippen LogP) is 0.751. The first-order chi connectivity index (χ1) is 7.29. The summed E-state index contributed by atoms with van der Waals surface area (Å²) in [5.74, 6) is 0.924. The molecule has 1 atom stereocenters. The van der Waals surface area contributed by atoms with Crippen molar-refractivity contribution in [1.82, 2.24) is 9.80 Å². The minimum absolute atomic E-state index is 0.787. The second kappa shape index (κ2) is 5.28. The van der Waals surface area contributed by atoms with E-state index < -0.39 is 0 Å². The molecule has 2 aliphatic rings. The van der Waals surface area contributed by atoms with Gasteiger partial charge in [0.15, 0.2) is 0 Å². The Morgan fingerprint density at radius 3 is 2.73 bits per heavy atom. The van der Waals surface area contributed by atoms with Crippen LogP contribution in [0, 0.1) is 5.92 Å². The molecule has 2 fully saturated rings. The van der Waals surface area contributed by atoms with Crippen LogP contribution >= 0.6 is 0 Å². The van der Waals surface area contributed by atoms with Crippen LogP contribution in [-0.4, -0.2) is 55.6 Å².